The van der Waals surface area contributed by atoms with Crippen LogP contribution < -0.4 is 10.5 Å². The van der Waals surface area contributed by atoms with E-state index < -0.39 is 0 Å². The summed E-state index contributed by atoms with van der Waals surface area (Å²) in [6.45, 7) is 4.06. The summed E-state index contributed by atoms with van der Waals surface area (Å²) in [5.74, 6) is 1.42. The van der Waals surface area contributed by atoms with Crippen LogP contribution in [0.25, 0.3) is 16.9 Å². The van der Waals surface area contributed by atoms with E-state index in [0.717, 1.165) is 33.8 Å². The topological polar surface area (TPSA) is 52.5 Å². The van der Waals surface area contributed by atoms with Gasteiger partial charge in [0.05, 0.1) is 12.1 Å². The molecule has 0 atom stereocenters. The molecule has 3 aromatic rings. The SMILES string of the molecule is COc1cc(C)c(-c2nc3ccc(Cl)cn3c2N)c(C)c1. The molecule has 0 fully saturated rings. The predicted octanol–water partition coefficient (Wildman–Crippen LogP) is 3.86. The standard InChI is InChI=1S/C16H16ClN3O/c1-9-6-12(21-3)7-10(2)14(9)15-16(18)20-8-11(17)4-5-13(20)19-15/h4-8H,18H2,1-3H3. The first-order valence-corrected chi connectivity index (χ1v) is 6.97. The number of benzene rings is 1. The number of fused-ring (bicyclic) bond motifs is 1. The number of aromatic nitrogens is 2. The maximum Gasteiger partial charge on any atom is 0.139 e. The van der Waals surface area contributed by atoms with Crippen molar-refractivity contribution in [1.82, 2.24) is 9.38 Å². The molecule has 0 radical (unpaired) electrons. The molecule has 0 aliphatic rings. The zero-order valence-corrected chi connectivity index (χ0v) is 12.9. The maximum absolute atomic E-state index is 6.26. The van der Waals surface area contributed by atoms with Crippen LogP contribution in [0.5, 0.6) is 5.75 Å². The molecule has 3 rings (SSSR count). The van der Waals surface area contributed by atoms with Crippen LogP contribution in [0.3, 0.4) is 0 Å². The number of anilines is 1. The first-order chi connectivity index (χ1) is 10.0. The Kier molecular flexibility index (Phi) is 3.26. The fourth-order valence-corrected chi connectivity index (χ4v) is 2.80. The van der Waals surface area contributed by atoms with Crippen LogP contribution in [0.4, 0.5) is 5.82 Å². The van der Waals surface area contributed by atoms with Crippen LogP contribution in [-0.4, -0.2) is 16.5 Å². The van der Waals surface area contributed by atoms with Crippen molar-refractivity contribution in [1.29, 1.82) is 0 Å². The molecule has 5 heteroatoms. The molecule has 2 aromatic heterocycles. The largest absolute Gasteiger partial charge is 0.497 e. The molecule has 0 aliphatic heterocycles. The Labute approximate surface area is 128 Å². The number of nitrogens with two attached hydrogens (primary N) is 1. The molecule has 0 aliphatic carbocycles. The van der Waals surface area contributed by atoms with Crippen molar-refractivity contribution < 1.29 is 4.74 Å². The molecule has 1 aromatic carbocycles. The van der Waals surface area contributed by atoms with Gasteiger partial charge < -0.3 is 10.5 Å². The summed E-state index contributed by atoms with van der Waals surface area (Å²) < 4.78 is 7.10. The van der Waals surface area contributed by atoms with E-state index in [4.69, 9.17) is 22.1 Å². The lowest BCUT2D eigenvalue weighted by Gasteiger charge is -2.11. The Bertz CT molecular complexity index is 816. The van der Waals surface area contributed by atoms with Gasteiger partial charge in [-0.1, -0.05) is 11.6 Å². The van der Waals surface area contributed by atoms with Crippen molar-refractivity contribution in [2.45, 2.75) is 13.8 Å². The van der Waals surface area contributed by atoms with Crippen LogP contribution in [0.1, 0.15) is 11.1 Å². The summed E-state index contributed by atoms with van der Waals surface area (Å²) in [5, 5.41) is 0.626. The van der Waals surface area contributed by atoms with E-state index in [1.54, 1.807) is 23.8 Å². The molecule has 0 spiro atoms. The second kappa shape index (κ2) is 4.97. The lowest BCUT2D eigenvalue weighted by molar-refractivity contribution is 0.414. The van der Waals surface area contributed by atoms with Crippen LogP contribution in [-0.2, 0) is 0 Å². The van der Waals surface area contributed by atoms with Gasteiger partial charge in [0.1, 0.15) is 22.9 Å². The predicted molar refractivity (Wildman–Crippen MR) is 86.1 cm³/mol. The van der Waals surface area contributed by atoms with E-state index >= 15 is 0 Å². The van der Waals surface area contributed by atoms with Gasteiger partial charge in [-0.25, -0.2) is 4.98 Å². The van der Waals surface area contributed by atoms with Crippen molar-refractivity contribution in [3.05, 3.63) is 46.6 Å². The number of nitrogens with zero attached hydrogens (tertiary/aromatic N) is 2. The normalized spacial score (nSPS) is 11.0. The highest BCUT2D eigenvalue weighted by atomic mass is 35.5. The molecule has 2 heterocycles. The molecule has 2 N–H and O–H groups in total. The van der Waals surface area contributed by atoms with Crippen LogP contribution in [0.2, 0.25) is 5.02 Å². The Hall–Kier alpha value is -2.20. The van der Waals surface area contributed by atoms with Gasteiger partial charge in [-0.15, -0.1) is 0 Å². The Morgan fingerprint density at radius 2 is 1.86 bits per heavy atom. The summed E-state index contributed by atoms with van der Waals surface area (Å²) in [5.41, 5.74) is 11.0. The number of hydrogen-bond donors (Lipinski definition) is 1. The summed E-state index contributed by atoms with van der Waals surface area (Å²) in [6.07, 6.45) is 1.77. The van der Waals surface area contributed by atoms with Gasteiger partial charge in [-0.2, -0.15) is 0 Å². The van der Waals surface area contributed by atoms with E-state index in [9.17, 15) is 0 Å². The zero-order chi connectivity index (χ0) is 15.1. The lowest BCUT2D eigenvalue weighted by atomic mass is 9.99. The monoisotopic (exact) mass is 301 g/mol. The second-order valence-electron chi connectivity index (χ2n) is 5.06. The number of halogens is 1. The zero-order valence-electron chi connectivity index (χ0n) is 12.1. The van der Waals surface area contributed by atoms with E-state index in [1.807, 2.05) is 32.0 Å². The number of ether oxygens (including phenoxy) is 1. The number of pyridine rings is 1. The molecule has 0 unspecified atom stereocenters. The quantitative estimate of drug-likeness (QED) is 0.782. The third-order valence-corrected chi connectivity index (χ3v) is 3.82. The third kappa shape index (κ3) is 2.21. The van der Waals surface area contributed by atoms with E-state index in [0.29, 0.717) is 10.8 Å². The van der Waals surface area contributed by atoms with Crippen molar-refractivity contribution in [3.63, 3.8) is 0 Å². The fourth-order valence-electron chi connectivity index (χ4n) is 2.64. The Balaban J connectivity index is 2.28. The van der Waals surface area contributed by atoms with Crippen LogP contribution in [0, 0.1) is 13.8 Å². The first-order valence-electron chi connectivity index (χ1n) is 6.60. The van der Waals surface area contributed by atoms with Crippen molar-refractivity contribution in [3.8, 4) is 17.0 Å². The smallest absolute Gasteiger partial charge is 0.139 e. The van der Waals surface area contributed by atoms with Gasteiger partial charge in [0, 0.05) is 11.8 Å². The highest BCUT2D eigenvalue weighted by Gasteiger charge is 2.16. The number of hydrogen-bond acceptors (Lipinski definition) is 3. The number of aryl methyl sites for hydroxylation is 2. The van der Waals surface area contributed by atoms with Crippen LogP contribution >= 0.6 is 11.6 Å². The van der Waals surface area contributed by atoms with Gasteiger partial charge in [-0.05, 0) is 49.2 Å². The van der Waals surface area contributed by atoms with E-state index in [1.165, 1.54) is 0 Å². The summed E-state index contributed by atoms with van der Waals surface area (Å²) in [6, 6.07) is 7.63. The summed E-state index contributed by atoms with van der Waals surface area (Å²) in [7, 11) is 1.66. The number of rotatable bonds is 2. The van der Waals surface area contributed by atoms with Gasteiger partial charge in [-0.3, -0.25) is 4.40 Å². The van der Waals surface area contributed by atoms with Crippen molar-refractivity contribution in [2.75, 3.05) is 12.8 Å². The minimum Gasteiger partial charge on any atom is -0.497 e. The molecular formula is C16H16ClN3O. The van der Waals surface area contributed by atoms with Gasteiger partial charge in [0.2, 0.25) is 0 Å². The maximum atomic E-state index is 6.26. The Morgan fingerprint density at radius 1 is 1.19 bits per heavy atom. The second-order valence-corrected chi connectivity index (χ2v) is 5.49. The van der Waals surface area contributed by atoms with Gasteiger partial charge >= 0.3 is 0 Å². The van der Waals surface area contributed by atoms with E-state index in [-0.39, 0.29) is 0 Å². The fraction of sp³-hybridized carbons (Fsp3) is 0.188. The minimum atomic E-state index is 0.587. The molecule has 108 valence electrons. The van der Waals surface area contributed by atoms with Crippen LogP contribution in [0.15, 0.2) is 30.5 Å². The lowest BCUT2D eigenvalue weighted by Crippen LogP contribution is -1.97. The summed E-state index contributed by atoms with van der Waals surface area (Å²) >= 11 is 6.03. The molecule has 21 heavy (non-hydrogen) atoms. The van der Waals surface area contributed by atoms with Crippen molar-refractivity contribution >= 4 is 23.1 Å². The minimum absolute atomic E-state index is 0.587. The van der Waals surface area contributed by atoms with Gasteiger partial charge in [0.25, 0.3) is 0 Å². The molecular weight excluding hydrogens is 286 g/mol. The highest BCUT2D eigenvalue weighted by Crippen LogP contribution is 2.34. The third-order valence-electron chi connectivity index (χ3n) is 3.60. The first kappa shape index (κ1) is 13.8. The van der Waals surface area contributed by atoms with Gasteiger partial charge in [0.15, 0.2) is 0 Å². The van der Waals surface area contributed by atoms with E-state index in [2.05, 4.69) is 4.98 Å². The highest BCUT2D eigenvalue weighted by molar-refractivity contribution is 6.30. The molecule has 0 saturated carbocycles. The van der Waals surface area contributed by atoms with Crippen molar-refractivity contribution in [2.24, 2.45) is 0 Å². The molecule has 0 saturated heterocycles. The molecule has 4 nitrogen and oxygen atoms in total. The molecule has 0 amide bonds. The molecule has 0 bridgehead atoms. The number of imidazole rings is 1. The number of methoxy groups -OCH3 is 1. The average molecular weight is 302 g/mol. The Morgan fingerprint density at radius 3 is 2.48 bits per heavy atom. The number of nitrogen functional groups attached to an aromatic ring is 1. The average Bonchev–Trinajstić information content (AvgIpc) is 2.75. The summed E-state index contributed by atoms with van der Waals surface area (Å²) in [4.78, 5) is 4.64.